The Morgan fingerprint density at radius 3 is 2.79 bits per heavy atom. The zero-order valence-electron chi connectivity index (χ0n) is 12.2. The maximum absolute atomic E-state index is 14.0. The number of rotatable bonds is 3. The van der Waals surface area contributed by atoms with Crippen molar-refractivity contribution in [1.82, 2.24) is 14.3 Å². The van der Waals surface area contributed by atoms with Crippen LogP contribution in [0.5, 0.6) is 0 Å². The van der Waals surface area contributed by atoms with E-state index >= 15 is 0 Å². The second-order valence-electron chi connectivity index (χ2n) is 5.19. The van der Waals surface area contributed by atoms with Gasteiger partial charge in [0.05, 0.1) is 12.2 Å². The summed E-state index contributed by atoms with van der Waals surface area (Å²) in [5.41, 5.74) is 6.24. The first-order valence-electron chi connectivity index (χ1n) is 6.89. The van der Waals surface area contributed by atoms with Crippen LogP contribution in [0.1, 0.15) is 21.9 Å². The molecule has 2 heterocycles. The van der Waals surface area contributed by atoms with Crippen molar-refractivity contribution < 1.29 is 17.6 Å². The quantitative estimate of drug-likeness (QED) is 0.871. The van der Waals surface area contributed by atoms with Crippen LogP contribution in [0.25, 0.3) is 0 Å². The molecule has 0 atom stereocenters. The summed E-state index contributed by atoms with van der Waals surface area (Å²) in [6, 6.07) is 3.37. The van der Waals surface area contributed by atoms with Crippen LogP contribution in [-0.4, -0.2) is 35.1 Å². The Morgan fingerprint density at radius 2 is 2.12 bits per heavy atom. The molecule has 0 bridgehead atoms. The SMILES string of the molecule is NC(=O)c1ncc2c(n1)CN(S(=O)(=O)c1ccc(Cl)cc1F)CC2. The highest BCUT2D eigenvalue weighted by Gasteiger charge is 2.31. The standard InChI is InChI=1S/C14H12ClFN4O3S/c15-9-1-2-12(10(16)5-9)24(22,23)20-4-3-8-6-18-14(13(17)21)19-11(8)7-20/h1-2,5-6H,3-4,7H2,(H2,17,21). The molecule has 0 fully saturated rings. The topological polar surface area (TPSA) is 106 Å². The molecule has 24 heavy (non-hydrogen) atoms. The molecular weight excluding hydrogens is 359 g/mol. The fourth-order valence-electron chi connectivity index (χ4n) is 2.43. The molecular formula is C14H12ClFN4O3S. The number of carbonyl (C=O) groups excluding carboxylic acids is 1. The summed E-state index contributed by atoms with van der Waals surface area (Å²) in [6.07, 6.45) is 1.80. The van der Waals surface area contributed by atoms with Crippen molar-refractivity contribution in [1.29, 1.82) is 0 Å². The first kappa shape index (κ1) is 16.7. The van der Waals surface area contributed by atoms with Crippen molar-refractivity contribution in [3.63, 3.8) is 0 Å². The molecule has 10 heteroatoms. The van der Waals surface area contributed by atoms with E-state index < -0.39 is 26.6 Å². The average Bonchev–Trinajstić information content (AvgIpc) is 2.53. The second kappa shape index (κ2) is 6.08. The lowest BCUT2D eigenvalue weighted by Gasteiger charge is -2.27. The normalized spacial score (nSPS) is 15.1. The van der Waals surface area contributed by atoms with Crippen LogP contribution < -0.4 is 5.73 Å². The van der Waals surface area contributed by atoms with Gasteiger partial charge in [-0.1, -0.05) is 11.6 Å². The maximum Gasteiger partial charge on any atom is 0.286 e. The minimum absolute atomic E-state index is 0.0947. The van der Waals surface area contributed by atoms with Gasteiger partial charge in [0.1, 0.15) is 10.7 Å². The van der Waals surface area contributed by atoms with Crippen molar-refractivity contribution in [3.8, 4) is 0 Å². The number of aromatic nitrogens is 2. The lowest BCUT2D eigenvalue weighted by molar-refractivity contribution is 0.0990. The van der Waals surface area contributed by atoms with Crippen LogP contribution >= 0.6 is 11.6 Å². The van der Waals surface area contributed by atoms with Gasteiger partial charge in [0.2, 0.25) is 15.8 Å². The van der Waals surface area contributed by atoms with Gasteiger partial charge in [-0.2, -0.15) is 4.31 Å². The first-order valence-corrected chi connectivity index (χ1v) is 8.70. The van der Waals surface area contributed by atoms with E-state index in [4.69, 9.17) is 17.3 Å². The van der Waals surface area contributed by atoms with Crippen LogP contribution in [-0.2, 0) is 23.0 Å². The lowest BCUT2D eigenvalue weighted by atomic mass is 10.1. The molecule has 0 unspecified atom stereocenters. The molecule has 3 rings (SSSR count). The van der Waals surface area contributed by atoms with E-state index in [0.29, 0.717) is 12.1 Å². The molecule has 2 N–H and O–H groups in total. The first-order chi connectivity index (χ1) is 11.3. The van der Waals surface area contributed by atoms with Gasteiger partial charge in [0, 0.05) is 17.8 Å². The zero-order valence-corrected chi connectivity index (χ0v) is 13.8. The van der Waals surface area contributed by atoms with Crippen LogP contribution in [0, 0.1) is 5.82 Å². The number of primary amides is 1. The number of sulfonamides is 1. The number of halogens is 2. The average molecular weight is 371 g/mol. The van der Waals surface area contributed by atoms with Gasteiger partial charge in [0.15, 0.2) is 0 Å². The Morgan fingerprint density at radius 1 is 1.38 bits per heavy atom. The summed E-state index contributed by atoms with van der Waals surface area (Å²) in [5, 5.41) is 0.106. The molecule has 2 aromatic rings. The van der Waals surface area contributed by atoms with Gasteiger partial charge in [0.25, 0.3) is 5.91 Å². The van der Waals surface area contributed by atoms with E-state index in [1.165, 1.54) is 12.3 Å². The van der Waals surface area contributed by atoms with Crippen molar-refractivity contribution in [2.75, 3.05) is 6.54 Å². The fourth-order valence-corrected chi connectivity index (χ4v) is 4.03. The number of carbonyl (C=O) groups is 1. The van der Waals surface area contributed by atoms with Crippen molar-refractivity contribution >= 4 is 27.5 Å². The van der Waals surface area contributed by atoms with E-state index in [2.05, 4.69) is 9.97 Å². The maximum atomic E-state index is 14.0. The van der Waals surface area contributed by atoms with E-state index in [1.807, 2.05) is 0 Å². The summed E-state index contributed by atoms with van der Waals surface area (Å²) in [6.45, 7) is 0.0548. The van der Waals surface area contributed by atoms with E-state index in [1.54, 1.807) is 0 Å². The van der Waals surface area contributed by atoms with Crippen LogP contribution in [0.15, 0.2) is 29.3 Å². The monoisotopic (exact) mass is 370 g/mol. The highest BCUT2D eigenvalue weighted by molar-refractivity contribution is 7.89. The van der Waals surface area contributed by atoms with Gasteiger partial charge in [-0.05, 0) is 30.2 Å². The fraction of sp³-hybridized carbons (Fsp3) is 0.214. The number of nitrogens with two attached hydrogens (primary N) is 1. The minimum Gasteiger partial charge on any atom is -0.363 e. The number of fused-ring (bicyclic) bond motifs is 1. The van der Waals surface area contributed by atoms with Crippen molar-refractivity contribution in [3.05, 3.63) is 52.3 Å². The number of amides is 1. The Balaban J connectivity index is 1.96. The molecule has 1 aliphatic heterocycles. The van der Waals surface area contributed by atoms with Crippen LogP contribution in [0.4, 0.5) is 4.39 Å². The number of nitrogens with zero attached hydrogens (tertiary/aromatic N) is 3. The Kier molecular flexibility index (Phi) is 4.24. The lowest BCUT2D eigenvalue weighted by Crippen LogP contribution is -2.37. The molecule has 1 aromatic heterocycles. The molecule has 7 nitrogen and oxygen atoms in total. The Hall–Kier alpha value is -2.10. The third-order valence-corrected chi connectivity index (χ3v) is 5.76. The van der Waals surface area contributed by atoms with Gasteiger partial charge >= 0.3 is 0 Å². The highest BCUT2D eigenvalue weighted by atomic mass is 35.5. The third-order valence-electron chi connectivity index (χ3n) is 3.64. The predicted octanol–water partition coefficient (Wildman–Crippen LogP) is 1.11. The van der Waals surface area contributed by atoms with E-state index in [0.717, 1.165) is 22.0 Å². The zero-order chi connectivity index (χ0) is 17.5. The molecule has 0 spiro atoms. The van der Waals surface area contributed by atoms with Crippen LogP contribution in [0.2, 0.25) is 5.02 Å². The summed E-state index contributed by atoms with van der Waals surface area (Å²) in [5.74, 6) is -1.92. The Labute approximate surface area is 142 Å². The number of hydrogen-bond acceptors (Lipinski definition) is 5. The second-order valence-corrected chi connectivity index (χ2v) is 7.54. The van der Waals surface area contributed by atoms with Crippen molar-refractivity contribution in [2.45, 2.75) is 17.9 Å². The summed E-state index contributed by atoms with van der Waals surface area (Å²) >= 11 is 5.66. The molecule has 1 aromatic carbocycles. The minimum atomic E-state index is -4.06. The molecule has 0 radical (unpaired) electrons. The third kappa shape index (κ3) is 2.97. The smallest absolute Gasteiger partial charge is 0.286 e. The van der Waals surface area contributed by atoms with Crippen LogP contribution in [0.3, 0.4) is 0 Å². The predicted molar refractivity (Wildman–Crippen MR) is 83.3 cm³/mol. The van der Waals surface area contributed by atoms with Gasteiger partial charge in [-0.15, -0.1) is 0 Å². The van der Waals surface area contributed by atoms with Gasteiger partial charge in [-0.25, -0.2) is 22.8 Å². The number of hydrogen-bond donors (Lipinski definition) is 1. The molecule has 0 saturated carbocycles. The molecule has 1 aliphatic rings. The molecule has 126 valence electrons. The van der Waals surface area contributed by atoms with Crippen molar-refractivity contribution in [2.24, 2.45) is 5.73 Å². The number of benzene rings is 1. The highest BCUT2D eigenvalue weighted by Crippen LogP contribution is 2.26. The molecule has 0 aliphatic carbocycles. The Bertz CT molecular complexity index is 936. The van der Waals surface area contributed by atoms with E-state index in [-0.39, 0.29) is 23.9 Å². The largest absolute Gasteiger partial charge is 0.363 e. The van der Waals surface area contributed by atoms with E-state index in [9.17, 15) is 17.6 Å². The summed E-state index contributed by atoms with van der Waals surface area (Å²) in [4.78, 5) is 18.5. The molecule has 0 saturated heterocycles. The molecule has 1 amide bonds. The summed E-state index contributed by atoms with van der Waals surface area (Å²) < 4.78 is 40.4. The van der Waals surface area contributed by atoms with Gasteiger partial charge in [-0.3, -0.25) is 4.79 Å². The van der Waals surface area contributed by atoms with Gasteiger partial charge < -0.3 is 5.73 Å². The summed E-state index contributed by atoms with van der Waals surface area (Å²) in [7, 11) is -4.06.